The molecule has 0 aliphatic heterocycles. The first-order valence-corrected chi connectivity index (χ1v) is 6.84. The number of nitrogens with zero attached hydrogens (tertiary/aromatic N) is 2. The van der Waals surface area contributed by atoms with Crippen molar-refractivity contribution in [1.29, 1.82) is 0 Å². The van der Waals surface area contributed by atoms with Gasteiger partial charge >= 0.3 is 0 Å². The molecule has 1 heterocycles. The van der Waals surface area contributed by atoms with Crippen LogP contribution in [0.4, 0.5) is 0 Å². The fraction of sp³-hybridized carbons (Fsp3) is 0.357. The van der Waals surface area contributed by atoms with Gasteiger partial charge in [0.25, 0.3) is 0 Å². The zero-order valence-electron chi connectivity index (χ0n) is 10.9. The summed E-state index contributed by atoms with van der Waals surface area (Å²) in [5.41, 5.74) is 3.54. The van der Waals surface area contributed by atoms with Crippen molar-refractivity contribution in [3.8, 4) is 0 Å². The quantitative estimate of drug-likeness (QED) is 0.939. The maximum Gasteiger partial charge on any atom is 0.0597 e. The Labute approximate surface area is 116 Å². The highest BCUT2D eigenvalue weighted by Gasteiger charge is 2.07. The summed E-state index contributed by atoms with van der Waals surface area (Å²) < 4.78 is 3.04. The van der Waals surface area contributed by atoms with Gasteiger partial charge in [0.1, 0.15) is 0 Å². The molecule has 96 valence electrons. The number of benzene rings is 1. The van der Waals surface area contributed by atoms with Gasteiger partial charge in [-0.25, -0.2) is 0 Å². The largest absolute Gasteiger partial charge is 0.305 e. The molecule has 1 aromatic heterocycles. The number of hydrogen-bond acceptors (Lipinski definition) is 2. The zero-order valence-corrected chi connectivity index (χ0v) is 12.5. The summed E-state index contributed by atoms with van der Waals surface area (Å²) in [7, 11) is 1.98. The molecular weight excluding hydrogens is 290 g/mol. The van der Waals surface area contributed by atoms with Crippen molar-refractivity contribution in [2.75, 3.05) is 0 Å². The van der Waals surface area contributed by atoms with Crippen LogP contribution in [0.3, 0.4) is 0 Å². The topological polar surface area (TPSA) is 29.9 Å². The summed E-state index contributed by atoms with van der Waals surface area (Å²) in [5, 5.41) is 7.86. The van der Waals surface area contributed by atoms with Crippen LogP contribution in [0, 0.1) is 6.92 Å². The van der Waals surface area contributed by atoms with Gasteiger partial charge in [0.15, 0.2) is 0 Å². The number of aromatic nitrogens is 2. The van der Waals surface area contributed by atoms with Gasteiger partial charge in [-0.05, 0) is 37.6 Å². The van der Waals surface area contributed by atoms with E-state index >= 15 is 0 Å². The molecule has 0 fully saturated rings. The maximum absolute atomic E-state index is 4.35. The molecule has 1 aromatic carbocycles. The molecule has 1 atom stereocenters. The molecule has 3 nitrogen and oxygen atoms in total. The van der Waals surface area contributed by atoms with Crippen LogP contribution < -0.4 is 5.32 Å². The van der Waals surface area contributed by atoms with E-state index in [4.69, 9.17) is 0 Å². The third kappa shape index (κ3) is 3.21. The van der Waals surface area contributed by atoms with Crippen molar-refractivity contribution in [2.45, 2.75) is 26.4 Å². The van der Waals surface area contributed by atoms with Crippen LogP contribution in [0.5, 0.6) is 0 Å². The predicted octanol–water partition coefficient (Wildman–Crippen LogP) is 3.34. The van der Waals surface area contributed by atoms with Gasteiger partial charge in [0, 0.05) is 24.1 Å². The van der Waals surface area contributed by atoms with Gasteiger partial charge < -0.3 is 5.32 Å². The Kier molecular flexibility index (Phi) is 4.19. The smallest absolute Gasteiger partial charge is 0.0597 e. The second-order valence-electron chi connectivity index (χ2n) is 4.56. The standard InChI is InChI=1S/C14H18BrN3/c1-10-7-14(18(3)17-10)9-16-11(2)12-5-4-6-13(15)8-12/h4-8,11,16H,9H2,1-3H3/t11-/m0/s1. The van der Waals surface area contributed by atoms with Gasteiger partial charge in [-0.3, -0.25) is 4.68 Å². The molecule has 0 spiro atoms. The lowest BCUT2D eigenvalue weighted by atomic mass is 10.1. The first-order valence-electron chi connectivity index (χ1n) is 6.04. The second-order valence-corrected chi connectivity index (χ2v) is 5.47. The molecule has 2 rings (SSSR count). The van der Waals surface area contributed by atoms with Crippen molar-refractivity contribution in [3.63, 3.8) is 0 Å². The first kappa shape index (κ1) is 13.3. The molecule has 0 unspecified atom stereocenters. The monoisotopic (exact) mass is 307 g/mol. The summed E-state index contributed by atoms with van der Waals surface area (Å²) in [6.45, 7) is 5.01. The lowest BCUT2D eigenvalue weighted by Crippen LogP contribution is -2.19. The number of nitrogens with one attached hydrogen (secondary N) is 1. The van der Waals surface area contributed by atoms with Gasteiger partial charge in [0.2, 0.25) is 0 Å². The molecule has 0 bridgehead atoms. The Morgan fingerprint density at radius 2 is 2.17 bits per heavy atom. The normalized spacial score (nSPS) is 12.7. The zero-order chi connectivity index (χ0) is 13.1. The minimum absolute atomic E-state index is 0.317. The molecule has 0 aliphatic carbocycles. The van der Waals surface area contributed by atoms with Crippen LogP contribution in [-0.4, -0.2) is 9.78 Å². The molecule has 18 heavy (non-hydrogen) atoms. The number of halogens is 1. The van der Waals surface area contributed by atoms with Gasteiger partial charge in [-0.15, -0.1) is 0 Å². The van der Waals surface area contributed by atoms with Crippen LogP contribution in [0.15, 0.2) is 34.8 Å². The molecule has 0 radical (unpaired) electrons. The Balaban J connectivity index is 2.00. The number of hydrogen-bond donors (Lipinski definition) is 1. The van der Waals surface area contributed by atoms with E-state index in [0.717, 1.165) is 16.7 Å². The minimum Gasteiger partial charge on any atom is -0.305 e. The fourth-order valence-corrected chi connectivity index (χ4v) is 2.40. The van der Waals surface area contributed by atoms with E-state index in [2.05, 4.69) is 57.5 Å². The first-order chi connectivity index (χ1) is 8.56. The van der Waals surface area contributed by atoms with Crippen LogP contribution in [0.1, 0.15) is 29.9 Å². The summed E-state index contributed by atoms with van der Waals surface area (Å²) in [6.07, 6.45) is 0. The Morgan fingerprint density at radius 1 is 1.39 bits per heavy atom. The van der Waals surface area contributed by atoms with Gasteiger partial charge in [-0.2, -0.15) is 5.10 Å². The van der Waals surface area contributed by atoms with E-state index in [9.17, 15) is 0 Å². The Hall–Kier alpha value is -1.13. The van der Waals surface area contributed by atoms with E-state index < -0.39 is 0 Å². The highest BCUT2D eigenvalue weighted by molar-refractivity contribution is 9.10. The molecule has 0 saturated heterocycles. The fourth-order valence-electron chi connectivity index (χ4n) is 1.98. The van der Waals surface area contributed by atoms with Crippen LogP contribution in [-0.2, 0) is 13.6 Å². The number of aryl methyl sites for hydroxylation is 2. The van der Waals surface area contributed by atoms with Gasteiger partial charge in [-0.1, -0.05) is 28.1 Å². The summed E-state index contributed by atoms with van der Waals surface area (Å²) in [5.74, 6) is 0. The lowest BCUT2D eigenvalue weighted by molar-refractivity contribution is 0.548. The summed E-state index contributed by atoms with van der Waals surface area (Å²) in [4.78, 5) is 0. The van der Waals surface area contributed by atoms with E-state index in [1.165, 1.54) is 11.3 Å². The van der Waals surface area contributed by atoms with Crippen molar-refractivity contribution in [3.05, 3.63) is 51.8 Å². The van der Waals surface area contributed by atoms with Crippen LogP contribution >= 0.6 is 15.9 Å². The minimum atomic E-state index is 0.317. The average molecular weight is 308 g/mol. The molecular formula is C14H18BrN3. The summed E-state index contributed by atoms with van der Waals surface area (Å²) in [6, 6.07) is 10.8. The van der Waals surface area contributed by atoms with Crippen molar-refractivity contribution in [2.24, 2.45) is 7.05 Å². The van der Waals surface area contributed by atoms with Crippen molar-refractivity contribution in [1.82, 2.24) is 15.1 Å². The summed E-state index contributed by atoms with van der Waals surface area (Å²) >= 11 is 3.50. The lowest BCUT2D eigenvalue weighted by Gasteiger charge is -2.14. The molecule has 0 amide bonds. The second kappa shape index (κ2) is 5.67. The van der Waals surface area contributed by atoms with Crippen molar-refractivity contribution < 1.29 is 0 Å². The third-order valence-corrected chi connectivity index (χ3v) is 3.53. The van der Waals surface area contributed by atoms with Gasteiger partial charge in [0.05, 0.1) is 11.4 Å². The Bertz CT molecular complexity index is 534. The van der Waals surface area contributed by atoms with E-state index in [1.54, 1.807) is 0 Å². The molecule has 0 saturated carbocycles. The highest BCUT2D eigenvalue weighted by Crippen LogP contribution is 2.18. The van der Waals surface area contributed by atoms with E-state index in [1.807, 2.05) is 24.7 Å². The van der Waals surface area contributed by atoms with Crippen LogP contribution in [0.2, 0.25) is 0 Å². The average Bonchev–Trinajstić information content (AvgIpc) is 2.65. The molecule has 4 heteroatoms. The molecule has 0 aliphatic rings. The highest BCUT2D eigenvalue weighted by atomic mass is 79.9. The molecule has 2 aromatic rings. The maximum atomic E-state index is 4.35. The SMILES string of the molecule is Cc1cc(CN[C@@H](C)c2cccc(Br)c2)n(C)n1. The molecule has 1 N–H and O–H groups in total. The van der Waals surface area contributed by atoms with E-state index in [-0.39, 0.29) is 0 Å². The van der Waals surface area contributed by atoms with Crippen LogP contribution in [0.25, 0.3) is 0 Å². The third-order valence-electron chi connectivity index (χ3n) is 3.04. The van der Waals surface area contributed by atoms with E-state index in [0.29, 0.717) is 6.04 Å². The predicted molar refractivity (Wildman–Crippen MR) is 77.3 cm³/mol. The number of rotatable bonds is 4. The Morgan fingerprint density at radius 3 is 2.78 bits per heavy atom. The van der Waals surface area contributed by atoms with Crippen molar-refractivity contribution >= 4 is 15.9 Å².